The number of carboxylic acids is 1. The average Bonchev–Trinajstić information content (AvgIpc) is 2.42. The van der Waals surface area contributed by atoms with E-state index < -0.39 is 36.1 Å². The molecule has 0 aliphatic rings. The Bertz CT molecular complexity index is 549. The Hall–Kier alpha value is -2.75. The highest BCUT2D eigenvalue weighted by Crippen LogP contribution is 2.08. The number of hydrogen-bond donors (Lipinski definition) is 2. The molecule has 1 aromatic carbocycles. The number of nitrogens with one attached hydrogen (secondary N) is 1. The molecular weight excluding hydrogens is 302 g/mol. The van der Waals surface area contributed by atoms with Gasteiger partial charge in [-0.1, -0.05) is 18.2 Å². The normalized spacial score (nSPS) is 11.8. The maximum Gasteiger partial charge on any atom is 0.408 e. The van der Waals surface area contributed by atoms with E-state index in [2.05, 4.69) is 17.4 Å². The molecule has 1 rings (SSSR count). The molecule has 0 aliphatic carbocycles. The third kappa shape index (κ3) is 7.71. The number of carboxylic acid groups (broad SMARTS) is 1. The highest BCUT2D eigenvalue weighted by molar-refractivity contribution is 5.85. The minimum Gasteiger partial charge on any atom is -0.481 e. The standard InChI is InChI=1S/C16H19NO6/c1-16(2,3)23-15(21)17-12(9-13(18)19)14(20)22-10-11-7-5-4-6-8-11/h4-5,7,12H,9-10H2,1-3H3,(H,17,21)(H,18,19)/t12-/m0/s1. The van der Waals surface area contributed by atoms with Crippen LogP contribution in [0.1, 0.15) is 32.8 Å². The first-order valence-corrected chi connectivity index (χ1v) is 6.92. The number of ether oxygens (including phenoxy) is 2. The summed E-state index contributed by atoms with van der Waals surface area (Å²) in [5.41, 5.74) is -0.191. The molecule has 0 spiro atoms. The first-order chi connectivity index (χ1) is 10.7. The lowest BCUT2D eigenvalue weighted by molar-refractivity contribution is -0.151. The van der Waals surface area contributed by atoms with E-state index >= 15 is 0 Å². The van der Waals surface area contributed by atoms with E-state index in [4.69, 9.17) is 14.6 Å². The molecule has 0 aromatic heterocycles. The van der Waals surface area contributed by atoms with Crippen molar-refractivity contribution >= 4 is 18.0 Å². The van der Waals surface area contributed by atoms with Crippen LogP contribution in [0.25, 0.3) is 0 Å². The number of amides is 1. The summed E-state index contributed by atoms with van der Waals surface area (Å²) in [7, 11) is 0. The van der Waals surface area contributed by atoms with Gasteiger partial charge in [-0.3, -0.25) is 4.79 Å². The molecule has 0 saturated carbocycles. The Balaban J connectivity index is 2.63. The summed E-state index contributed by atoms with van der Waals surface area (Å²) >= 11 is 0. The Labute approximate surface area is 134 Å². The van der Waals surface area contributed by atoms with Crippen LogP contribution in [-0.2, 0) is 25.7 Å². The van der Waals surface area contributed by atoms with Crippen molar-refractivity contribution in [3.05, 3.63) is 35.9 Å². The van der Waals surface area contributed by atoms with Crippen molar-refractivity contribution in [1.29, 1.82) is 0 Å². The van der Waals surface area contributed by atoms with E-state index in [0.717, 1.165) is 0 Å². The first kappa shape index (κ1) is 18.3. The summed E-state index contributed by atoms with van der Waals surface area (Å²) < 4.78 is 10.00. The molecule has 1 aromatic rings. The second-order valence-electron chi connectivity index (χ2n) is 5.72. The molecule has 7 heteroatoms. The van der Waals surface area contributed by atoms with Crippen molar-refractivity contribution in [3.8, 4) is 0 Å². The molecule has 0 fully saturated rings. The Kier molecular flexibility index (Phi) is 6.39. The predicted molar refractivity (Wildman–Crippen MR) is 79.3 cm³/mol. The summed E-state index contributed by atoms with van der Waals surface area (Å²) in [5, 5.41) is 11.1. The minimum atomic E-state index is -1.34. The zero-order valence-corrected chi connectivity index (χ0v) is 13.2. The van der Waals surface area contributed by atoms with Crippen molar-refractivity contribution in [2.45, 2.75) is 45.4 Å². The molecule has 1 atom stereocenters. The summed E-state index contributed by atoms with van der Waals surface area (Å²) in [6, 6.07) is 9.13. The van der Waals surface area contributed by atoms with Gasteiger partial charge in [0.15, 0.2) is 0 Å². The number of carbonyl (C=O) groups excluding carboxylic acids is 2. The van der Waals surface area contributed by atoms with Crippen LogP contribution in [0.4, 0.5) is 4.79 Å². The van der Waals surface area contributed by atoms with Gasteiger partial charge in [0.1, 0.15) is 18.2 Å². The Morgan fingerprint density at radius 3 is 2.57 bits per heavy atom. The summed E-state index contributed by atoms with van der Waals surface area (Å²) in [6.45, 7) is 4.86. The van der Waals surface area contributed by atoms with Gasteiger partial charge in [0.2, 0.25) is 0 Å². The van der Waals surface area contributed by atoms with Crippen LogP contribution in [0.5, 0.6) is 0 Å². The third-order valence-electron chi connectivity index (χ3n) is 2.43. The number of esters is 1. The van der Waals surface area contributed by atoms with Gasteiger partial charge in [-0.25, -0.2) is 9.59 Å². The highest BCUT2D eigenvalue weighted by Gasteiger charge is 2.27. The number of rotatable bonds is 6. The number of aliphatic carboxylic acids is 1. The summed E-state index contributed by atoms with van der Waals surface area (Å²) in [4.78, 5) is 34.5. The maximum atomic E-state index is 12.0. The second-order valence-corrected chi connectivity index (χ2v) is 5.72. The lowest BCUT2D eigenvalue weighted by Crippen LogP contribution is -2.45. The van der Waals surface area contributed by atoms with Crippen LogP contribution in [-0.4, -0.2) is 34.8 Å². The molecule has 0 bridgehead atoms. The van der Waals surface area contributed by atoms with E-state index in [1.807, 2.05) is 0 Å². The van der Waals surface area contributed by atoms with E-state index in [1.165, 1.54) is 0 Å². The summed E-state index contributed by atoms with van der Waals surface area (Å²) in [6.07, 6.45) is -1.50. The lowest BCUT2D eigenvalue weighted by atomic mass is 10.2. The largest absolute Gasteiger partial charge is 0.481 e. The quantitative estimate of drug-likeness (QED) is 0.773. The van der Waals surface area contributed by atoms with E-state index in [1.54, 1.807) is 39.0 Å². The molecule has 7 nitrogen and oxygen atoms in total. The molecule has 0 heterocycles. The molecule has 0 radical (unpaired) electrons. The van der Waals surface area contributed by atoms with Crippen LogP contribution < -0.4 is 5.32 Å². The molecule has 0 unspecified atom stereocenters. The number of alkyl carbamates (subject to hydrolysis) is 1. The van der Waals surface area contributed by atoms with Gasteiger partial charge < -0.3 is 19.9 Å². The highest BCUT2D eigenvalue weighted by atomic mass is 16.6. The fourth-order valence-electron chi connectivity index (χ4n) is 1.54. The Morgan fingerprint density at radius 2 is 2.04 bits per heavy atom. The lowest BCUT2D eigenvalue weighted by Gasteiger charge is -2.22. The molecule has 0 saturated heterocycles. The van der Waals surface area contributed by atoms with Crippen molar-refractivity contribution < 1.29 is 29.0 Å². The fraction of sp³-hybridized carbons (Fsp3) is 0.438. The van der Waals surface area contributed by atoms with E-state index in [0.29, 0.717) is 5.56 Å². The zero-order chi connectivity index (χ0) is 17.5. The zero-order valence-electron chi connectivity index (χ0n) is 13.2. The third-order valence-corrected chi connectivity index (χ3v) is 2.43. The molecular formula is C16H19NO6. The molecule has 124 valence electrons. The number of hydrogen-bond acceptors (Lipinski definition) is 5. The predicted octanol–water partition coefficient (Wildman–Crippen LogP) is 1.70. The van der Waals surface area contributed by atoms with E-state index in [9.17, 15) is 14.4 Å². The van der Waals surface area contributed by atoms with Gasteiger partial charge in [-0.05, 0) is 32.9 Å². The topological polar surface area (TPSA) is 102 Å². The van der Waals surface area contributed by atoms with Crippen LogP contribution in [0.2, 0.25) is 0 Å². The van der Waals surface area contributed by atoms with Gasteiger partial charge in [0.25, 0.3) is 0 Å². The SMILES string of the molecule is CC(C)(C)OC(=O)N[C@@H](CC(=O)O)C(=O)OCc1c#cccc1. The van der Waals surface area contributed by atoms with Gasteiger partial charge in [0.05, 0.1) is 6.42 Å². The van der Waals surface area contributed by atoms with Crippen LogP contribution in [0.15, 0.2) is 18.2 Å². The first-order valence-electron chi connectivity index (χ1n) is 6.92. The van der Waals surface area contributed by atoms with Crippen LogP contribution in [0.3, 0.4) is 0 Å². The van der Waals surface area contributed by atoms with Crippen LogP contribution in [0, 0.1) is 12.1 Å². The molecule has 23 heavy (non-hydrogen) atoms. The van der Waals surface area contributed by atoms with Crippen molar-refractivity contribution in [1.82, 2.24) is 5.32 Å². The second kappa shape index (κ2) is 8.03. The molecule has 2 N–H and O–H groups in total. The van der Waals surface area contributed by atoms with Gasteiger partial charge in [-0.2, -0.15) is 0 Å². The summed E-state index contributed by atoms with van der Waals surface area (Å²) in [5.74, 6) is -2.11. The van der Waals surface area contributed by atoms with E-state index in [-0.39, 0.29) is 6.61 Å². The smallest absolute Gasteiger partial charge is 0.408 e. The van der Waals surface area contributed by atoms with Crippen LogP contribution >= 0.6 is 0 Å². The minimum absolute atomic E-state index is 0.0949. The van der Waals surface area contributed by atoms with Crippen molar-refractivity contribution in [2.75, 3.05) is 0 Å². The average molecular weight is 321 g/mol. The number of carbonyl (C=O) groups is 3. The molecule has 1 amide bonds. The molecule has 0 aliphatic heterocycles. The van der Waals surface area contributed by atoms with Gasteiger partial charge >= 0.3 is 18.0 Å². The van der Waals surface area contributed by atoms with Crippen molar-refractivity contribution in [2.24, 2.45) is 0 Å². The van der Waals surface area contributed by atoms with Crippen molar-refractivity contribution in [3.63, 3.8) is 0 Å². The maximum absolute atomic E-state index is 12.0. The fourth-order valence-corrected chi connectivity index (χ4v) is 1.54. The monoisotopic (exact) mass is 321 g/mol. The van der Waals surface area contributed by atoms with Gasteiger partial charge in [-0.15, -0.1) is 0 Å². The van der Waals surface area contributed by atoms with Gasteiger partial charge in [0, 0.05) is 5.56 Å². The Morgan fingerprint density at radius 1 is 1.35 bits per heavy atom.